The first kappa shape index (κ1) is 19.1. The van der Waals surface area contributed by atoms with Crippen molar-refractivity contribution in [3.05, 3.63) is 78.1 Å². The van der Waals surface area contributed by atoms with E-state index in [-0.39, 0.29) is 5.91 Å². The molecule has 0 fully saturated rings. The van der Waals surface area contributed by atoms with Crippen molar-refractivity contribution in [1.29, 1.82) is 0 Å². The number of carbonyl (C=O) groups is 2. The third-order valence-corrected chi connectivity index (χ3v) is 4.04. The van der Waals surface area contributed by atoms with Crippen molar-refractivity contribution in [2.75, 3.05) is 11.9 Å². The standard InChI is InChI=1S/C21H19N3O4/c22-12-16-5-4-15(21(27)24-17-6-8-23-9-7-17)11-19(16)14-2-1-3-18(10-14)28-13-20(25)26/h1-11H,12-13,22H2,(H,25,26)(H,23,24,27). The van der Waals surface area contributed by atoms with Crippen LogP contribution in [-0.2, 0) is 11.3 Å². The third kappa shape index (κ3) is 4.72. The topological polar surface area (TPSA) is 115 Å². The van der Waals surface area contributed by atoms with Gasteiger partial charge in [0, 0.05) is 30.2 Å². The molecule has 0 saturated heterocycles. The number of pyridine rings is 1. The number of carbonyl (C=O) groups excluding carboxylic acids is 1. The molecule has 0 aliphatic heterocycles. The highest BCUT2D eigenvalue weighted by atomic mass is 16.5. The maximum absolute atomic E-state index is 12.6. The van der Waals surface area contributed by atoms with E-state index in [2.05, 4.69) is 10.3 Å². The fourth-order valence-corrected chi connectivity index (χ4v) is 2.70. The van der Waals surface area contributed by atoms with Gasteiger partial charge in [-0.3, -0.25) is 9.78 Å². The van der Waals surface area contributed by atoms with Crippen LogP contribution in [0.3, 0.4) is 0 Å². The van der Waals surface area contributed by atoms with Crippen molar-refractivity contribution in [2.24, 2.45) is 5.73 Å². The van der Waals surface area contributed by atoms with Crippen LogP contribution in [-0.4, -0.2) is 28.6 Å². The van der Waals surface area contributed by atoms with E-state index in [1.807, 2.05) is 12.1 Å². The minimum Gasteiger partial charge on any atom is -0.482 e. The van der Waals surface area contributed by atoms with Crippen LogP contribution < -0.4 is 15.8 Å². The van der Waals surface area contributed by atoms with Crippen LogP contribution in [0.5, 0.6) is 5.75 Å². The van der Waals surface area contributed by atoms with Gasteiger partial charge in [-0.2, -0.15) is 0 Å². The molecule has 3 aromatic rings. The Balaban J connectivity index is 1.90. The van der Waals surface area contributed by atoms with Crippen LogP contribution in [0, 0.1) is 0 Å². The Morgan fingerprint density at radius 2 is 1.86 bits per heavy atom. The van der Waals surface area contributed by atoms with E-state index in [0.29, 0.717) is 23.5 Å². The predicted octanol–water partition coefficient (Wildman–Crippen LogP) is 2.92. The Hall–Kier alpha value is -3.71. The van der Waals surface area contributed by atoms with Gasteiger partial charge in [0.15, 0.2) is 6.61 Å². The smallest absolute Gasteiger partial charge is 0.341 e. The number of aliphatic carboxylic acids is 1. The molecule has 2 aromatic carbocycles. The normalized spacial score (nSPS) is 10.3. The minimum atomic E-state index is -1.05. The molecule has 0 radical (unpaired) electrons. The molecule has 7 heteroatoms. The first-order valence-electron chi connectivity index (χ1n) is 8.56. The van der Waals surface area contributed by atoms with Crippen LogP contribution in [0.15, 0.2) is 67.0 Å². The lowest BCUT2D eigenvalue weighted by Gasteiger charge is -2.12. The van der Waals surface area contributed by atoms with Gasteiger partial charge >= 0.3 is 5.97 Å². The van der Waals surface area contributed by atoms with Crippen LogP contribution >= 0.6 is 0 Å². The average Bonchev–Trinajstić information content (AvgIpc) is 2.72. The Morgan fingerprint density at radius 1 is 1.07 bits per heavy atom. The Morgan fingerprint density at radius 3 is 2.57 bits per heavy atom. The van der Waals surface area contributed by atoms with Gasteiger partial charge in [0.25, 0.3) is 5.91 Å². The van der Waals surface area contributed by atoms with Crippen LogP contribution in [0.1, 0.15) is 15.9 Å². The monoisotopic (exact) mass is 377 g/mol. The van der Waals surface area contributed by atoms with Crippen LogP contribution in [0.2, 0.25) is 0 Å². The lowest BCUT2D eigenvalue weighted by molar-refractivity contribution is -0.139. The third-order valence-electron chi connectivity index (χ3n) is 4.04. The lowest BCUT2D eigenvalue weighted by Crippen LogP contribution is -2.12. The summed E-state index contributed by atoms with van der Waals surface area (Å²) < 4.78 is 5.24. The number of carboxylic acids is 1. The summed E-state index contributed by atoms with van der Waals surface area (Å²) in [5.41, 5.74) is 9.40. The molecule has 0 saturated carbocycles. The summed E-state index contributed by atoms with van der Waals surface area (Å²) in [6.45, 7) is -0.136. The molecule has 1 heterocycles. The zero-order valence-corrected chi connectivity index (χ0v) is 15.0. The summed E-state index contributed by atoms with van der Waals surface area (Å²) >= 11 is 0. The highest BCUT2D eigenvalue weighted by Gasteiger charge is 2.12. The van der Waals surface area contributed by atoms with Gasteiger partial charge in [0.2, 0.25) is 0 Å². The number of hydrogen-bond acceptors (Lipinski definition) is 5. The van der Waals surface area contributed by atoms with Gasteiger partial charge in [-0.15, -0.1) is 0 Å². The van der Waals surface area contributed by atoms with E-state index in [1.54, 1.807) is 54.9 Å². The van der Waals surface area contributed by atoms with E-state index in [4.69, 9.17) is 15.6 Å². The van der Waals surface area contributed by atoms with E-state index < -0.39 is 12.6 Å². The van der Waals surface area contributed by atoms with Gasteiger partial charge in [0.1, 0.15) is 5.75 Å². The first-order chi connectivity index (χ1) is 13.6. The highest BCUT2D eigenvalue weighted by Crippen LogP contribution is 2.28. The summed E-state index contributed by atoms with van der Waals surface area (Å²) in [6.07, 6.45) is 3.20. The van der Waals surface area contributed by atoms with E-state index in [1.165, 1.54) is 0 Å². The summed E-state index contributed by atoms with van der Waals surface area (Å²) in [4.78, 5) is 27.2. The summed E-state index contributed by atoms with van der Waals surface area (Å²) in [5, 5.41) is 11.6. The molecule has 0 atom stereocenters. The fourth-order valence-electron chi connectivity index (χ4n) is 2.70. The number of amides is 1. The van der Waals surface area contributed by atoms with Crippen molar-refractivity contribution in [3.63, 3.8) is 0 Å². The van der Waals surface area contributed by atoms with Gasteiger partial charge < -0.3 is 20.9 Å². The maximum atomic E-state index is 12.6. The summed E-state index contributed by atoms with van der Waals surface area (Å²) in [7, 11) is 0. The second-order valence-corrected chi connectivity index (χ2v) is 5.98. The number of nitrogens with one attached hydrogen (secondary N) is 1. The molecule has 0 aliphatic rings. The molecule has 0 spiro atoms. The van der Waals surface area contributed by atoms with E-state index in [0.717, 1.165) is 16.7 Å². The van der Waals surface area contributed by atoms with Crippen LogP contribution in [0.25, 0.3) is 11.1 Å². The molecule has 3 rings (SSSR count). The number of ether oxygens (including phenoxy) is 1. The van der Waals surface area contributed by atoms with Gasteiger partial charge in [-0.1, -0.05) is 18.2 Å². The number of nitrogens with two attached hydrogens (primary N) is 1. The van der Waals surface area contributed by atoms with Crippen LogP contribution in [0.4, 0.5) is 5.69 Å². The van der Waals surface area contributed by atoms with Crippen molar-refractivity contribution in [2.45, 2.75) is 6.54 Å². The second-order valence-electron chi connectivity index (χ2n) is 5.98. The number of carboxylic acid groups (broad SMARTS) is 1. The van der Waals surface area contributed by atoms with Crippen molar-refractivity contribution in [1.82, 2.24) is 4.98 Å². The number of anilines is 1. The quantitative estimate of drug-likeness (QED) is 0.583. The molecule has 0 unspecified atom stereocenters. The molecular formula is C21H19N3O4. The van der Waals surface area contributed by atoms with E-state index >= 15 is 0 Å². The molecule has 1 aromatic heterocycles. The lowest BCUT2D eigenvalue weighted by atomic mass is 9.96. The predicted molar refractivity (Wildman–Crippen MR) is 105 cm³/mol. The SMILES string of the molecule is NCc1ccc(C(=O)Nc2ccncc2)cc1-c1cccc(OCC(=O)O)c1. The number of hydrogen-bond donors (Lipinski definition) is 3. The Bertz CT molecular complexity index is 990. The fraction of sp³-hybridized carbons (Fsp3) is 0.0952. The van der Waals surface area contributed by atoms with E-state index in [9.17, 15) is 9.59 Å². The number of nitrogens with zero attached hydrogens (tertiary/aromatic N) is 1. The summed E-state index contributed by atoms with van der Waals surface area (Å²) in [6, 6.07) is 15.7. The van der Waals surface area contributed by atoms with Crippen molar-refractivity contribution < 1.29 is 19.4 Å². The molecule has 7 nitrogen and oxygen atoms in total. The van der Waals surface area contributed by atoms with Crippen molar-refractivity contribution in [3.8, 4) is 16.9 Å². The zero-order chi connectivity index (χ0) is 19.9. The molecule has 0 bridgehead atoms. The summed E-state index contributed by atoms with van der Waals surface area (Å²) in [5.74, 6) is -0.883. The maximum Gasteiger partial charge on any atom is 0.341 e. The number of rotatable bonds is 7. The Labute approximate surface area is 161 Å². The molecule has 4 N–H and O–H groups in total. The van der Waals surface area contributed by atoms with Gasteiger partial charge in [0.05, 0.1) is 0 Å². The number of aromatic nitrogens is 1. The zero-order valence-electron chi connectivity index (χ0n) is 15.0. The highest BCUT2D eigenvalue weighted by molar-refractivity contribution is 6.05. The molecule has 142 valence electrons. The second kappa shape index (κ2) is 8.79. The van der Waals surface area contributed by atoms with Gasteiger partial charge in [-0.25, -0.2) is 4.79 Å². The average molecular weight is 377 g/mol. The largest absolute Gasteiger partial charge is 0.482 e. The van der Waals surface area contributed by atoms with Crippen molar-refractivity contribution >= 4 is 17.6 Å². The minimum absolute atomic E-state index is 0.255. The molecule has 0 aliphatic carbocycles. The first-order valence-corrected chi connectivity index (χ1v) is 8.56. The molecule has 1 amide bonds. The molecular weight excluding hydrogens is 358 g/mol. The Kier molecular flexibility index (Phi) is 5.98. The van der Waals surface area contributed by atoms with Gasteiger partial charge in [-0.05, 0) is 53.1 Å². The molecule has 28 heavy (non-hydrogen) atoms. The number of benzene rings is 2.